The summed E-state index contributed by atoms with van der Waals surface area (Å²) in [5, 5.41) is 8.50. The van der Waals surface area contributed by atoms with Crippen molar-refractivity contribution in [2.45, 2.75) is 25.9 Å². The fraction of sp³-hybridized carbons (Fsp3) is 1.00. The van der Waals surface area contributed by atoms with Gasteiger partial charge in [-0.15, -0.1) is 0 Å². The first-order valence-corrected chi connectivity index (χ1v) is 5.30. The third-order valence-electron chi connectivity index (χ3n) is 1.07. The maximum atomic E-state index is 10.4. The number of rotatable bonds is 4. The third kappa shape index (κ3) is 5.24. The SMILES string of the molecule is CC(C)(CCO)O[PH](=O)Cl. The van der Waals surface area contributed by atoms with Crippen LogP contribution in [0.15, 0.2) is 0 Å². The second-order valence-electron chi connectivity index (χ2n) is 2.57. The minimum Gasteiger partial charge on any atom is -0.396 e. The number of hydrogen-bond donors (Lipinski definition) is 1. The molecule has 1 N–H and O–H groups in total. The largest absolute Gasteiger partial charge is 0.396 e. The van der Waals surface area contributed by atoms with Gasteiger partial charge < -0.3 is 9.63 Å². The average molecular weight is 187 g/mol. The molecule has 3 nitrogen and oxygen atoms in total. The quantitative estimate of drug-likeness (QED) is 0.681. The van der Waals surface area contributed by atoms with Crippen molar-refractivity contribution in [1.29, 1.82) is 0 Å². The Morgan fingerprint density at radius 3 is 2.50 bits per heavy atom. The molecule has 1 unspecified atom stereocenters. The van der Waals surface area contributed by atoms with Crippen LogP contribution in [0, 0.1) is 0 Å². The van der Waals surface area contributed by atoms with E-state index < -0.39 is 13.0 Å². The maximum Gasteiger partial charge on any atom is 0.279 e. The predicted octanol–water partition coefficient (Wildman–Crippen LogP) is 1.79. The van der Waals surface area contributed by atoms with Crippen molar-refractivity contribution in [3.63, 3.8) is 0 Å². The molecule has 0 rings (SSSR count). The van der Waals surface area contributed by atoms with Crippen molar-refractivity contribution in [3.8, 4) is 0 Å². The molecular weight excluding hydrogens is 174 g/mol. The van der Waals surface area contributed by atoms with Gasteiger partial charge in [-0.25, -0.2) is 0 Å². The molecule has 0 saturated heterocycles. The van der Waals surface area contributed by atoms with Crippen LogP contribution in [-0.2, 0) is 9.09 Å². The van der Waals surface area contributed by atoms with Crippen molar-refractivity contribution in [2.75, 3.05) is 6.61 Å². The lowest BCUT2D eigenvalue weighted by atomic mass is 10.1. The highest BCUT2D eigenvalue weighted by molar-refractivity contribution is 7.69. The summed E-state index contributed by atoms with van der Waals surface area (Å²) in [6, 6.07) is 0. The molecule has 0 aliphatic rings. The zero-order valence-corrected chi connectivity index (χ0v) is 7.81. The van der Waals surface area contributed by atoms with E-state index in [0.29, 0.717) is 6.42 Å². The van der Waals surface area contributed by atoms with Crippen LogP contribution >= 0.6 is 18.6 Å². The molecule has 0 aliphatic heterocycles. The van der Waals surface area contributed by atoms with E-state index in [-0.39, 0.29) is 6.61 Å². The summed E-state index contributed by atoms with van der Waals surface area (Å²) in [6.45, 7) is 3.47. The van der Waals surface area contributed by atoms with E-state index in [4.69, 9.17) is 20.9 Å². The summed E-state index contributed by atoms with van der Waals surface area (Å²) in [5.41, 5.74) is -0.577. The zero-order chi connectivity index (χ0) is 8.20. The molecule has 0 spiro atoms. The Morgan fingerprint density at radius 1 is 1.70 bits per heavy atom. The van der Waals surface area contributed by atoms with Gasteiger partial charge in [0.1, 0.15) is 0 Å². The normalized spacial score (nSPS) is 15.2. The van der Waals surface area contributed by atoms with Crippen molar-refractivity contribution in [3.05, 3.63) is 0 Å². The summed E-state index contributed by atoms with van der Waals surface area (Å²) in [6.07, 6.45) is 0.441. The minimum absolute atomic E-state index is 0.0129. The van der Waals surface area contributed by atoms with E-state index >= 15 is 0 Å². The highest BCUT2D eigenvalue weighted by atomic mass is 35.7. The Bertz CT molecular complexity index is 126. The van der Waals surface area contributed by atoms with Crippen LogP contribution in [0.5, 0.6) is 0 Å². The topological polar surface area (TPSA) is 46.5 Å². The first-order valence-electron chi connectivity index (χ1n) is 2.97. The second-order valence-corrected chi connectivity index (χ2v) is 4.18. The summed E-state index contributed by atoms with van der Waals surface area (Å²) < 4.78 is 15.2. The Labute approximate surface area is 66.0 Å². The van der Waals surface area contributed by atoms with Crippen LogP contribution < -0.4 is 0 Å². The Hall–Kier alpha value is 0.440. The van der Waals surface area contributed by atoms with Gasteiger partial charge in [0, 0.05) is 6.61 Å². The van der Waals surface area contributed by atoms with Gasteiger partial charge in [-0.1, -0.05) is 0 Å². The smallest absolute Gasteiger partial charge is 0.279 e. The Balaban J connectivity index is 3.74. The van der Waals surface area contributed by atoms with E-state index in [1.54, 1.807) is 13.8 Å². The summed E-state index contributed by atoms with van der Waals surface area (Å²) in [7, 11) is -2.40. The first kappa shape index (κ1) is 10.4. The van der Waals surface area contributed by atoms with E-state index in [1.807, 2.05) is 0 Å². The van der Waals surface area contributed by atoms with Gasteiger partial charge >= 0.3 is 0 Å². The molecule has 0 aromatic heterocycles. The molecular formula is C5H12ClO3P. The van der Waals surface area contributed by atoms with Gasteiger partial charge in [-0.2, -0.15) is 0 Å². The molecule has 0 aliphatic carbocycles. The van der Waals surface area contributed by atoms with Gasteiger partial charge in [-0.05, 0) is 31.5 Å². The lowest BCUT2D eigenvalue weighted by Gasteiger charge is -2.21. The van der Waals surface area contributed by atoms with Crippen LogP contribution in [0.3, 0.4) is 0 Å². The van der Waals surface area contributed by atoms with Gasteiger partial charge in [0.05, 0.1) is 5.60 Å². The van der Waals surface area contributed by atoms with Crippen molar-refractivity contribution < 1.29 is 14.2 Å². The first-order chi connectivity index (χ1) is 4.48. The minimum atomic E-state index is -2.40. The second kappa shape index (κ2) is 4.35. The lowest BCUT2D eigenvalue weighted by molar-refractivity contribution is 0.0889. The molecule has 0 radical (unpaired) electrons. The van der Waals surface area contributed by atoms with Gasteiger partial charge in [-0.3, -0.25) is 4.57 Å². The van der Waals surface area contributed by atoms with Crippen molar-refractivity contribution in [2.24, 2.45) is 0 Å². The summed E-state index contributed by atoms with van der Waals surface area (Å²) >= 11 is 5.14. The number of halogens is 1. The highest BCUT2D eigenvalue weighted by Gasteiger charge is 2.19. The molecule has 0 aromatic rings. The molecule has 10 heavy (non-hydrogen) atoms. The summed E-state index contributed by atoms with van der Waals surface area (Å²) in [4.78, 5) is 0. The van der Waals surface area contributed by atoms with Gasteiger partial charge in [0.15, 0.2) is 0 Å². The predicted molar refractivity (Wildman–Crippen MR) is 41.7 cm³/mol. The fourth-order valence-electron chi connectivity index (χ4n) is 0.538. The monoisotopic (exact) mass is 186 g/mol. The van der Waals surface area contributed by atoms with Crippen LogP contribution in [0.1, 0.15) is 20.3 Å². The molecule has 0 bridgehead atoms. The number of aliphatic hydroxyl groups is 1. The molecule has 1 atom stereocenters. The molecule has 0 fully saturated rings. The maximum absolute atomic E-state index is 10.4. The molecule has 0 heterocycles. The number of hydrogen-bond acceptors (Lipinski definition) is 3. The third-order valence-corrected chi connectivity index (χ3v) is 2.01. The average Bonchev–Trinajstić information content (AvgIpc) is 1.59. The van der Waals surface area contributed by atoms with Crippen molar-refractivity contribution >= 4 is 18.6 Å². The lowest BCUT2D eigenvalue weighted by Crippen LogP contribution is -2.21. The van der Waals surface area contributed by atoms with E-state index in [2.05, 4.69) is 0 Å². The van der Waals surface area contributed by atoms with E-state index in [9.17, 15) is 4.57 Å². The van der Waals surface area contributed by atoms with Crippen molar-refractivity contribution in [1.82, 2.24) is 0 Å². The molecule has 62 valence electrons. The highest BCUT2D eigenvalue weighted by Crippen LogP contribution is 2.35. The van der Waals surface area contributed by atoms with Gasteiger partial charge in [0.2, 0.25) is 0 Å². The van der Waals surface area contributed by atoms with Crippen LogP contribution in [0.2, 0.25) is 0 Å². The fourth-order valence-corrected chi connectivity index (χ4v) is 1.70. The van der Waals surface area contributed by atoms with Gasteiger partial charge in [0.25, 0.3) is 7.38 Å². The molecule has 0 amide bonds. The number of aliphatic hydroxyl groups excluding tert-OH is 1. The van der Waals surface area contributed by atoms with Crippen LogP contribution in [0.25, 0.3) is 0 Å². The Kier molecular flexibility index (Phi) is 4.54. The Morgan fingerprint density at radius 2 is 2.20 bits per heavy atom. The standard InChI is InChI=1S/C5H12ClO3P/c1-5(2,3-4-7)9-10(6)8/h7,10H,3-4H2,1-2H3. The zero-order valence-electron chi connectivity index (χ0n) is 6.06. The summed E-state index contributed by atoms with van der Waals surface area (Å²) in [5.74, 6) is 0. The van der Waals surface area contributed by atoms with Crippen LogP contribution in [-0.4, -0.2) is 17.3 Å². The van der Waals surface area contributed by atoms with E-state index in [1.165, 1.54) is 0 Å². The van der Waals surface area contributed by atoms with Crippen LogP contribution in [0.4, 0.5) is 0 Å². The molecule has 0 saturated carbocycles. The van der Waals surface area contributed by atoms with E-state index in [0.717, 1.165) is 0 Å². The molecule has 0 aromatic carbocycles. The molecule has 5 heteroatoms.